The van der Waals surface area contributed by atoms with Gasteiger partial charge in [-0.25, -0.2) is 0 Å². The van der Waals surface area contributed by atoms with E-state index >= 15 is 0 Å². The van der Waals surface area contributed by atoms with Gasteiger partial charge in [0.05, 0.1) is 0 Å². The number of aryl methyl sites for hydroxylation is 1. The van der Waals surface area contributed by atoms with Crippen molar-refractivity contribution in [2.75, 3.05) is 17.2 Å². The Morgan fingerprint density at radius 2 is 1.59 bits per heavy atom. The number of hydrogen-bond acceptors (Lipinski definition) is 3. The summed E-state index contributed by atoms with van der Waals surface area (Å²) in [6.45, 7) is 7.81. The standard InChI is InChI=1S/C21H23F3N2O3/c1-13-8-9-17(16(10-13)20(2,3)4)29-12-18(27)25-14-6-5-7-15(11-14)26-19(28)21(22,23)24/h5-11H,12H2,1-4H3,(H,25,27)(H,26,28). The van der Waals surface area contributed by atoms with Crippen LogP contribution in [0.5, 0.6) is 5.75 Å². The van der Waals surface area contributed by atoms with Gasteiger partial charge in [0, 0.05) is 11.4 Å². The lowest BCUT2D eigenvalue weighted by molar-refractivity contribution is -0.167. The summed E-state index contributed by atoms with van der Waals surface area (Å²) in [7, 11) is 0. The van der Waals surface area contributed by atoms with Crippen molar-refractivity contribution in [3.8, 4) is 5.75 Å². The highest BCUT2D eigenvalue weighted by atomic mass is 19.4. The zero-order chi connectivity index (χ0) is 21.8. The van der Waals surface area contributed by atoms with Crippen LogP contribution >= 0.6 is 0 Å². The minimum atomic E-state index is -4.99. The van der Waals surface area contributed by atoms with Crippen molar-refractivity contribution >= 4 is 23.2 Å². The minimum Gasteiger partial charge on any atom is -0.483 e. The van der Waals surface area contributed by atoms with E-state index in [2.05, 4.69) is 5.32 Å². The van der Waals surface area contributed by atoms with E-state index in [1.165, 1.54) is 24.3 Å². The number of anilines is 2. The summed E-state index contributed by atoms with van der Waals surface area (Å²) in [6.07, 6.45) is -4.99. The number of hydrogen-bond donors (Lipinski definition) is 2. The van der Waals surface area contributed by atoms with Crippen LogP contribution in [0.15, 0.2) is 42.5 Å². The fraction of sp³-hybridized carbons (Fsp3) is 0.333. The quantitative estimate of drug-likeness (QED) is 0.746. The summed E-state index contributed by atoms with van der Waals surface area (Å²) in [5.41, 5.74) is 2.01. The van der Waals surface area contributed by atoms with Crippen molar-refractivity contribution < 1.29 is 27.5 Å². The maximum absolute atomic E-state index is 12.4. The third-order valence-electron chi connectivity index (χ3n) is 3.96. The van der Waals surface area contributed by atoms with Crippen LogP contribution in [-0.2, 0) is 15.0 Å². The molecule has 0 saturated heterocycles. The lowest BCUT2D eigenvalue weighted by Crippen LogP contribution is -2.30. The largest absolute Gasteiger partial charge is 0.483 e. The third-order valence-corrected chi connectivity index (χ3v) is 3.96. The number of benzene rings is 2. The van der Waals surface area contributed by atoms with E-state index in [-0.39, 0.29) is 23.4 Å². The van der Waals surface area contributed by atoms with Gasteiger partial charge in [-0.3, -0.25) is 9.59 Å². The Balaban J connectivity index is 2.02. The van der Waals surface area contributed by atoms with Gasteiger partial charge in [0.1, 0.15) is 5.75 Å². The number of halogens is 3. The van der Waals surface area contributed by atoms with Crippen molar-refractivity contribution in [3.63, 3.8) is 0 Å². The van der Waals surface area contributed by atoms with Crippen LogP contribution in [0.25, 0.3) is 0 Å². The molecule has 0 aliphatic rings. The molecule has 29 heavy (non-hydrogen) atoms. The molecule has 0 aliphatic carbocycles. The van der Waals surface area contributed by atoms with E-state index in [0.717, 1.165) is 11.1 Å². The number of alkyl halides is 3. The molecule has 2 amide bonds. The van der Waals surface area contributed by atoms with Crippen LogP contribution in [0, 0.1) is 6.92 Å². The number of nitrogens with one attached hydrogen (secondary N) is 2. The molecule has 2 rings (SSSR count). The number of carbonyl (C=O) groups is 2. The molecule has 2 N–H and O–H groups in total. The normalized spacial score (nSPS) is 11.7. The van der Waals surface area contributed by atoms with Crippen LogP contribution in [0.4, 0.5) is 24.5 Å². The first-order valence-corrected chi connectivity index (χ1v) is 8.88. The van der Waals surface area contributed by atoms with Gasteiger partial charge in [-0.15, -0.1) is 0 Å². The smallest absolute Gasteiger partial charge is 0.471 e. The molecular formula is C21H23F3N2O3. The second-order valence-electron chi connectivity index (χ2n) is 7.62. The Morgan fingerprint density at radius 3 is 2.17 bits per heavy atom. The van der Waals surface area contributed by atoms with Crippen molar-refractivity contribution in [3.05, 3.63) is 53.6 Å². The fourth-order valence-electron chi connectivity index (χ4n) is 2.57. The molecule has 0 fully saturated rings. The number of carbonyl (C=O) groups excluding carboxylic acids is 2. The second-order valence-corrected chi connectivity index (χ2v) is 7.62. The SMILES string of the molecule is Cc1ccc(OCC(=O)Nc2cccc(NC(=O)C(F)(F)F)c2)c(C(C)(C)C)c1. The number of rotatable bonds is 5. The van der Waals surface area contributed by atoms with Crippen molar-refractivity contribution in [2.24, 2.45) is 0 Å². The Bertz CT molecular complexity index is 903. The van der Waals surface area contributed by atoms with Crippen LogP contribution in [0.3, 0.4) is 0 Å². The predicted octanol–water partition coefficient (Wildman–Crippen LogP) is 4.81. The van der Waals surface area contributed by atoms with E-state index in [4.69, 9.17) is 4.74 Å². The monoisotopic (exact) mass is 408 g/mol. The molecule has 0 saturated carbocycles. The molecule has 0 aliphatic heterocycles. The molecule has 0 atom stereocenters. The van der Waals surface area contributed by atoms with E-state index in [0.29, 0.717) is 5.75 Å². The summed E-state index contributed by atoms with van der Waals surface area (Å²) in [6, 6.07) is 11.1. The summed E-state index contributed by atoms with van der Waals surface area (Å²) in [5, 5.41) is 4.27. The fourth-order valence-corrected chi connectivity index (χ4v) is 2.57. The first-order valence-electron chi connectivity index (χ1n) is 8.88. The Morgan fingerprint density at radius 1 is 0.966 bits per heavy atom. The van der Waals surface area contributed by atoms with Crippen LogP contribution in [-0.4, -0.2) is 24.6 Å². The lowest BCUT2D eigenvalue weighted by Gasteiger charge is -2.23. The van der Waals surface area contributed by atoms with Gasteiger partial charge in [0.25, 0.3) is 5.91 Å². The molecule has 2 aromatic carbocycles. The summed E-state index contributed by atoms with van der Waals surface area (Å²) < 4.78 is 42.7. The first kappa shape index (κ1) is 22.3. The topological polar surface area (TPSA) is 67.4 Å². The van der Waals surface area contributed by atoms with Gasteiger partial charge in [0.15, 0.2) is 6.61 Å². The third kappa shape index (κ3) is 6.51. The van der Waals surface area contributed by atoms with Gasteiger partial charge >= 0.3 is 12.1 Å². The zero-order valence-corrected chi connectivity index (χ0v) is 16.6. The summed E-state index contributed by atoms with van der Waals surface area (Å²) in [5.74, 6) is -1.98. The molecule has 0 aromatic heterocycles. The zero-order valence-electron chi connectivity index (χ0n) is 16.6. The van der Waals surface area contributed by atoms with Crippen molar-refractivity contribution in [1.82, 2.24) is 0 Å². The van der Waals surface area contributed by atoms with Gasteiger partial charge < -0.3 is 15.4 Å². The molecule has 8 heteroatoms. The summed E-state index contributed by atoms with van der Waals surface area (Å²) in [4.78, 5) is 23.2. The molecule has 156 valence electrons. The Labute approximate surface area is 167 Å². The molecule has 0 radical (unpaired) electrons. The predicted molar refractivity (Wildman–Crippen MR) is 105 cm³/mol. The highest BCUT2D eigenvalue weighted by Crippen LogP contribution is 2.32. The number of amides is 2. The maximum Gasteiger partial charge on any atom is 0.471 e. The van der Waals surface area contributed by atoms with Crippen molar-refractivity contribution in [1.29, 1.82) is 0 Å². The maximum atomic E-state index is 12.4. The van der Waals surface area contributed by atoms with E-state index < -0.39 is 18.0 Å². The van der Waals surface area contributed by atoms with Crippen LogP contribution in [0.1, 0.15) is 31.9 Å². The van der Waals surface area contributed by atoms with E-state index in [1.807, 2.05) is 39.8 Å². The second kappa shape index (κ2) is 8.55. The highest BCUT2D eigenvalue weighted by molar-refractivity contribution is 5.96. The van der Waals surface area contributed by atoms with E-state index in [1.54, 1.807) is 11.4 Å². The summed E-state index contributed by atoms with van der Waals surface area (Å²) >= 11 is 0. The lowest BCUT2D eigenvalue weighted by atomic mass is 9.85. The van der Waals surface area contributed by atoms with Gasteiger partial charge in [-0.2, -0.15) is 13.2 Å². The highest BCUT2D eigenvalue weighted by Gasteiger charge is 2.38. The molecule has 0 bridgehead atoms. The molecule has 5 nitrogen and oxygen atoms in total. The molecule has 0 heterocycles. The Hall–Kier alpha value is -3.03. The molecule has 2 aromatic rings. The minimum absolute atomic E-state index is 0.0837. The van der Waals surface area contributed by atoms with Gasteiger partial charge in [0.2, 0.25) is 0 Å². The van der Waals surface area contributed by atoms with Gasteiger partial charge in [-0.05, 0) is 42.2 Å². The average molecular weight is 408 g/mol. The first-order chi connectivity index (χ1) is 13.4. The Kier molecular flexibility index (Phi) is 6.56. The molecular weight excluding hydrogens is 385 g/mol. The van der Waals surface area contributed by atoms with Crippen LogP contribution < -0.4 is 15.4 Å². The van der Waals surface area contributed by atoms with Crippen molar-refractivity contribution in [2.45, 2.75) is 39.3 Å². The van der Waals surface area contributed by atoms with E-state index in [9.17, 15) is 22.8 Å². The molecule has 0 unspecified atom stereocenters. The number of ether oxygens (including phenoxy) is 1. The average Bonchev–Trinajstić information content (AvgIpc) is 2.59. The van der Waals surface area contributed by atoms with Crippen LogP contribution in [0.2, 0.25) is 0 Å². The van der Waals surface area contributed by atoms with Gasteiger partial charge in [-0.1, -0.05) is 44.5 Å². The molecule has 0 spiro atoms.